The van der Waals surface area contributed by atoms with Crippen LogP contribution in [0.1, 0.15) is 11.1 Å². The standard InChI is InChI=1S/C18H15N3O3/c1-20-14-10-6-4-8-12(14)18(17(20)24)19-15(16(22)23)11-7-3-5-9-13(11)21(18)2/h3-10H,1-2H3,(H,22,23)/t18-/m0/s1. The van der Waals surface area contributed by atoms with Crippen LogP contribution < -0.4 is 9.80 Å². The van der Waals surface area contributed by atoms with E-state index in [0.717, 1.165) is 5.69 Å². The van der Waals surface area contributed by atoms with Crippen molar-refractivity contribution in [3.8, 4) is 0 Å². The molecule has 1 spiro atoms. The maximum Gasteiger partial charge on any atom is 0.354 e. The molecular formula is C18H15N3O3. The van der Waals surface area contributed by atoms with E-state index >= 15 is 0 Å². The number of rotatable bonds is 1. The number of nitrogens with zero attached hydrogens (tertiary/aromatic N) is 3. The molecule has 6 heteroatoms. The SMILES string of the molecule is CN1C(=O)[C@]2(N=C(C(=O)O)c3ccccc3N2C)c2ccccc21. The number of amides is 1. The number of benzene rings is 2. The molecular weight excluding hydrogens is 306 g/mol. The van der Waals surface area contributed by atoms with E-state index < -0.39 is 11.6 Å². The van der Waals surface area contributed by atoms with Crippen LogP contribution in [0.4, 0.5) is 11.4 Å². The first-order chi connectivity index (χ1) is 11.5. The molecule has 24 heavy (non-hydrogen) atoms. The smallest absolute Gasteiger partial charge is 0.354 e. The van der Waals surface area contributed by atoms with Crippen molar-refractivity contribution in [3.05, 3.63) is 59.7 Å². The lowest BCUT2D eigenvalue weighted by Crippen LogP contribution is -2.53. The number of carboxylic acids is 1. The fourth-order valence-electron chi connectivity index (χ4n) is 3.55. The molecule has 0 aliphatic carbocycles. The summed E-state index contributed by atoms with van der Waals surface area (Å²) in [5.41, 5.74) is 1.13. The normalized spacial score (nSPS) is 21.6. The third-order valence-corrected chi connectivity index (χ3v) is 4.73. The molecule has 0 aromatic heterocycles. The molecule has 1 N–H and O–H groups in total. The molecule has 0 fully saturated rings. The van der Waals surface area contributed by atoms with Gasteiger partial charge in [-0.2, -0.15) is 0 Å². The molecule has 0 bridgehead atoms. The Balaban J connectivity index is 2.08. The summed E-state index contributed by atoms with van der Waals surface area (Å²) in [7, 11) is 3.45. The highest BCUT2D eigenvalue weighted by Gasteiger charge is 2.56. The molecule has 120 valence electrons. The predicted molar refractivity (Wildman–Crippen MR) is 90.5 cm³/mol. The molecule has 2 aliphatic heterocycles. The average Bonchev–Trinajstić information content (AvgIpc) is 2.81. The molecule has 2 aromatic carbocycles. The van der Waals surface area contributed by atoms with Crippen LogP contribution in [-0.4, -0.2) is 36.8 Å². The van der Waals surface area contributed by atoms with E-state index in [4.69, 9.17) is 0 Å². The van der Waals surface area contributed by atoms with Gasteiger partial charge in [-0.25, -0.2) is 9.79 Å². The minimum Gasteiger partial charge on any atom is -0.477 e. The molecule has 0 saturated carbocycles. The number of anilines is 2. The maximum atomic E-state index is 13.1. The number of carboxylic acid groups (broad SMARTS) is 1. The maximum absolute atomic E-state index is 13.1. The first-order valence-electron chi connectivity index (χ1n) is 7.52. The lowest BCUT2D eigenvalue weighted by atomic mass is 9.93. The van der Waals surface area contributed by atoms with E-state index in [1.54, 1.807) is 31.1 Å². The van der Waals surface area contributed by atoms with Gasteiger partial charge >= 0.3 is 5.97 Å². The van der Waals surface area contributed by atoms with Gasteiger partial charge in [0, 0.05) is 30.9 Å². The minimum absolute atomic E-state index is 0.0952. The number of fused-ring (bicyclic) bond motifs is 3. The van der Waals surface area contributed by atoms with Gasteiger partial charge in [0.05, 0.1) is 5.69 Å². The molecule has 1 atom stereocenters. The van der Waals surface area contributed by atoms with Crippen molar-refractivity contribution < 1.29 is 14.7 Å². The average molecular weight is 321 g/mol. The van der Waals surface area contributed by atoms with Crippen LogP contribution in [0.3, 0.4) is 0 Å². The van der Waals surface area contributed by atoms with Crippen LogP contribution >= 0.6 is 0 Å². The fourth-order valence-corrected chi connectivity index (χ4v) is 3.55. The molecule has 0 saturated heterocycles. The van der Waals surface area contributed by atoms with Gasteiger partial charge in [-0.15, -0.1) is 0 Å². The van der Waals surface area contributed by atoms with Crippen LogP contribution in [0.5, 0.6) is 0 Å². The number of para-hydroxylation sites is 2. The Hall–Kier alpha value is -3.15. The van der Waals surface area contributed by atoms with Crippen LogP contribution in [0.2, 0.25) is 0 Å². The van der Waals surface area contributed by atoms with Gasteiger partial charge in [0.2, 0.25) is 5.66 Å². The van der Waals surface area contributed by atoms with Gasteiger partial charge in [0.1, 0.15) is 0 Å². The van der Waals surface area contributed by atoms with E-state index in [2.05, 4.69) is 4.99 Å². The van der Waals surface area contributed by atoms with Crippen molar-refractivity contribution in [2.75, 3.05) is 23.9 Å². The third kappa shape index (κ3) is 1.57. The second kappa shape index (κ2) is 4.67. The highest BCUT2D eigenvalue weighted by Crippen LogP contribution is 2.48. The number of carbonyl (C=O) groups excluding carboxylic acids is 1. The summed E-state index contributed by atoms with van der Waals surface area (Å²) < 4.78 is 0. The third-order valence-electron chi connectivity index (χ3n) is 4.73. The number of carbonyl (C=O) groups is 2. The highest BCUT2D eigenvalue weighted by molar-refractivity contribution is 6.45. The Morgan fingerprint density at radius 1 is 1.04 bits per heavy atom. The summed E-state index contributed by atoms with van der Waals surface area (Å²) in [5, 5.41) is 9.64. The number of aliphatic imine (C=N–C) groups is 1. The number of hydrogen-bond acceptors (Lipinski definition) is 4. The number of likely N-dealkylation sites (N-methyl/N-ethyl adjacent to an activating group) is 2. The lowest BCUT2D eigenvalue weighted by Gasteiger charge is -2.40. The van der Waals surface area contributed by atoms with Gasteiger partial charge < -0.3 is 14.9 Å². The number of hydrogen-bond donors (Lipinski definition) is 1. The summed E-state index contributed by atoms with van der Waals surface area (Å²) in [5.74, 6) is -1.41. The van der Waals surface area contributed by atoms with Crippen molar-refractivity contribution in [1.29, 1.82) is 0 Å². The van der Waals surface area contributed by atoms with Crippen molar-refractivity contribution >= 4 is 29.0 Å². The molecule has 2 aromatic rings. The molecule has 2 aliphatic rings. The van der Waals surface area contributed by atoms with Crippen molar-refractivity contribution in [2.45, 2.75) is 5.66 Å². The van der Waals surface area contributed by atoms with Crippen molar-refractivity contribution in [3.63, 3.8) is 0 Å². The summed E-state index contributed by atoms with van der Waals surface area (Å²) in [4.78, 5) is 32.7. The van der Waals surface area contributed by atoms with Crippen molar-refractivity contribution in [1.82, 2.24) is 0 Å². The molecule has 0 unspecified atom stereocenters. The first-order valence-corrected chi connectivity index (χ1v) is 7.52. The quantitative estimate of drug-likeness (QED) is 0.870. The summed E-state index contributed by atoms with van der Waals surface area (Å²) in [6, 6.07) is 14.4. The monoisotopic (exact) mass is 321 g/mol. The second-order valence-corrected chi connectivity index (χ2v) is 5.90. The molecule has 4 rings (SSSR count). The van der Waals surface area contributed by atoms with Gasteiger partial charge in [-0.05, 0) is 12.1 Å². The van der Waals surface area contributed by atoms with Crippen LogP contribution in [0.25, 0.3) is 0 Å². The fraction of sp³-hybridized carbons (Fsp3) is 0.167. The zero-order chi connectivity index (χ0) is 17.1. The summed E-state index contributed by atoms with van der Waals surface area (Å²) >= 11 is 0. The Labute approximate surface area is 138 Å². The highest BCUT2D eigenvalue weighted by atomic mass is 16.4. The summed E-state index contributed by atoms with van der Waals surface area (Å²) in [6.45, 7) is 0. The predicted octanol–water partition coefficient (Wildman–Crippen LogP) is 1.84. The van der Waals surface area contributed by atoms with Gasteiger partial charge in [0.25, 0.3) is 5.91 Å². The van der Waals surface area contributed by atoms with Crippen LogP contribution in [0.15, 0.2) is 53.5 Å². The van der Waals surface area contributed by atoms with Gasteiger partial charge in [-0.3, -0.25) is 4.79 Å². The second-order valence-electron chi connectivity index (χ2n) is 5.90. The van der Waals surface area contributed by atoms with Crippen LogP contribution in [-0.2, 0) is 15.3 Å². The zero-order valence-corrected chi connectivity index (χ0v) is 13.2. The zero-order valence-electron chi connectivity index (χ0n) is 13.2. The Morgan fingerprint density at radius 3 is 2.38 bits per heavy atom. The van der Waals surface area contributed by atoms with Gasteiger partial charge in [-0.1, -0.05) is 36.4 Å². The minimum atomic E-state index is -1.38. The van der Waals surface area contributed by atoms with Crippen molar-refractivity contribution in [2.24, 2.45) is 4.99 Å². The molecule has 2 heterocycles. The van der Waals surface area contributed by atoms with Gasteiger partial charge in [0.15, 0.2) is 5.71 Å². The topological polar surface area (TPSA) is 73.2 Å². The largest absolute Gasteiger partial charge is 0.477 e. The first kappa shape index (κ1) is 14.4. The van der Waals surface area contributed by atoms with Crippen LogP contribution in [0, 0.1) is 0 Å². The van der Waals surface area contributed by atoms with E-state index in [1.807, 2.05) is 36.4 Å². The van der Waals surface area contributed by atoms with E-state index in [0.29, 0.717) is 16.8 Å². The molecule has 0 radical (unpaired) electrons. The number of aliphatic carboxylic acids is 1. The Kier molecular flexibility index (Phi) is 2.81. The van der Waals surface area contributed by atoms with E-state index in [1.165, 1.54) is 4.90 Å². The van der Waals surface area contributed by atoms with E-state index in [9.17, 15) is 14.7 Å². The van der Waals surface area contributed by atoms with E-state index in [-0.39, 0.29) is 11.6 Å². The Morgan fingerprint density at radius 2 is 1.67 bits per heavy atom. The molecule has 6 nitrogen and oxygen atoms in total. The molecule has 1 amide bonds. The summed E-state index contributed by atoms with van der Waals surface area (Å²) in [6.07, 6.45) is 0. The lowest BCUT2D eigenvalue weighted by molar-refractivity contribution is -0.129. The Bertz CT molecular complexity index is 921.